The Kier molecular flexibility index (Phi) is 7.92. The highest BCUT2D eigenvalue weighted by Crippen LogP contribution is 2.02. The van der Waals surface area contributed by atoms with Gasteiger partial charge in [-0.2, -0.15) is 0 Å². The lowest BCUT2D eigenvalue weighted by Crippen LogP contribution is -2.46. The Balaban J connectivity index is 0. The fourth-order valence-electron chi connectivity index (χ4n) is 0.618. The van der Waals surface area contributed by atoms with Gasteiger partial charge < -0.3 is 35.8 Å². The normalized spacial score (nSPS) is 19.5. The minimum absolute atomic E-state index is 0. The summed E-state index contributed by atoms with van der Waals surface area (Å²) in [6.07, 6.45) is -6.84. The summed E-state index contributed by atoms with van der Waals surface area (Å²) in [6, 6.07) is 0. The van der Waals surface area contributed by atoms with Gasteiger partial charge >= 0.3 is 0 Å². The highest BCUT2D eigenvalue weighted by atomic mass is 16.4. The van der Waals surface area contributed by atoms with Crippen LogP contribution in [0.2, 0.25) is 0 Å². The van der Waals surface area contributed by atoms with E-state index in [-0.39, 0.29) is 11.8 Å². The predicted molar refractivity (Wildman–Crippen MR) is 40.8 cm³/mol. The van der Waals surface area contributed by atoms with Crippen molar-refractivity contribution in [1.82, 2.24) is 0 Å². The third-order valence-corrected chi connectivity index (χ3v) is 1.42. The number of aldehydes is 1. The molecular weight excluding hydrogens is 184 g/mol. The fourth-order valence-corrected chi connectivity index (χ4v) is 0.618. The van der Waals surface area contributed by atoms with Crippen molar-refractivity contribution in [3.8, 4) is 0 Å². The second-order valence-electron chi connectivity index (χ2n) is 2.36. The highest BCUT2D eigenvalue weighted by molar-refractivity contribution is 5.56. The predicted octanol–water partition coefficient (Wildman–Crippen LogP) is -4.20. The number of hydrogen-bond acceptors (Lipinski definition) is 6. The van der Waals surface area contributed by atoms with Gasteiger partial charge in [-0.05, 0) is 0 Å². The lowest BCUT2D eigenvalue weighted by molar-refractivity contribution is -0.136. The Bertz CT molecular complexity index is 139. The van der Waals surface area contributed by atoms with Crippen LogP contribution in [0.25, 0.3) is 0 Å². The summed E-state index contributed by atoms with van der Waals surface area (Å²) in [5.41, 5.74) is 0. The van der Waals surface area contributed by atoms with E-state index in [2.05, 4.69) is 0 Å². The van der Waals surface area contributed by atoms with Gasteiger partial charge in [0.15, 0.2) is 6.29 Å². The number of carbonyl (C=O) groups is 1. The maximum Gasteiger partial charge on any atom is 0.151 e. The number of aliphatic hydroxyl groups is 5. The molecule has 0 spiro atoms. The van der Waals surface area contributed by atoms with Gasteiger partial charge in [-0.25, -0.2) is 0 Å². The molecule has 0 aromatic heterocycles. The first kappa shape index (κ1) is 14.9. The Hall–Kier alpha value is -0.570. The van der Waals surface area contributed by atoms with Crippen LogP contribution in [0.15, 0.2) is 0 Å². The highest BCUT2D eigenvalue weighted by Gasteiger charge is 2.29. The molecule has 0 aromatic rings. The summed E-state index contributed by atoms with van der Waals surface area (Å²) in [7, 11) is 0. The summed E-state index contributed by atoms with van der Waals surface area (Å²) in [6.45, 7) is -0.760. The van der Waals surface area contributed by atoms with E-state index >= 15 is 0 Å². The number of aliphatic hydroxyl groups excluding tert-OH is 5. The Morgan fingerprint density at radius 1 is 1.08 bits per heavy atom. The van der Waals surface area contributed by atoms with E-state index in [0.717, 1.165) is 0 Å². The van der Waals surface area contributed by atoms with E-state index < -0.39 is 31.0 Å². The fraction of sp³-hybridized carbons (Fsp3) is 0.833. The third-order valence-electron chi connectivity index (χ3n) is 1.42. The van der Waals surface area contributed by atoms with Crippen LogP contribution in [0.1, 0.15) is 0 Å². The molecule has 0 amide bonds. The molecule has 0 rings (SSSR count). The average Bonchev–Trinajstić information content (AvgIpc) is 2.12. The first-order chi connectivity index (χ1) is 5.54. The third kappa shape index (κ3) is 4.27. The summed E-state index contributed by atoms with van der Waals surface area (Å²) in [5, 5.41) is 43.5. The van der Waals surface area contributed by atoms with Crippen LogP contribution >= 0.6 is 0 Å². The first-order valence-corrected chi connectivity index (χ1v) is 3.33. The van der Waals surface area contributed by atoms with Gasteiger partial charge in [0.25, 0.3) is 0 Å². The van der Waals surface area contributed by atoms with Gasteiger partial charge in [0.05, 0.1) is 6.61 Å². The maximum absolute atomic E-state index is 9.90. The molecular formula is C6H14O7. The van der Waals surface area contributed by atoms with E-state index in [9.17, 15) is 4.79 Å². The summed E-state index contributed by atoms with van der Waals surface area (Å²) in [5.74, 6) is 0. The lowest BCUT2D eigenvalue weighted by atomic mass is 10.0. The van der Waals surface area contributed by atoms with Gasteiger partial charge in [-0.15, -0.1) is 0 Å². The van der Waals surface area contributed by atoms with Crippen LogP contribution in [0.5, 0.6) is 0 Å². The molecule has 7 heteroatoms. The molecule has 7 N–H and O–H groups in total. The van der Waals surface area contributed by atoms with Crippen LogP contribution in [0.4, 0.5) is 0 Å². The molecule has 0 aliphatic rings. The SMILES string of the molecule is O.O=C[C@H](O)[C@H](O)[C@H](O)[C@H](O)CO. The van der Waals surface area contributed by atoms with Crippen LogP contribution < -0.4 is 0 Å². The smallest absolute Gasteiger partial charge is 0.151 e. The van der Waals surface area contributed by atoms with Crippen molar-refractivity contribution in [3.63, 3.8) is 0 Å². The van der Waals surface area contributed by atoms with E-state index in [0.29, 0.717) is 0 Å². The lowest BCUT2D eigenvalue weighted by Gasteiger charge is -2.22. The van der Waals surface area contributed by atoms with E-state index in [1.807, 2.05) is 0 Å². The van der Waals surface area contributed by atoms with Crippen molar-refractivity contribution in [3.05, 3.63) is 0 Å². The second-order valence-corrected chi connectivity index (χ2v) is 2.36. The molecule has 0 bridgehead atoms. The summed E-state index contributed by atoms with van der Waals surface area (Å²) >= 11 is 0. The molecule has 0 saturated heterocycles. The molecule has 0 saturated carbocycles. The van der Waals surface area contributed by atoms with Crippen LogP contribution in [0.3, 0.4) is 0 Å². The molecule has 0 aromatic carbocycles. The number of carbonyl (C=O) groups excluding carboxylic acids is 1. The minimum atomic E-state index is -1.79. The molecule has 0 aliphatic carbocycles. The van der Waals surface area contributed by atoms with Gasteiger partial charge in [0.1, 0.15) is 24.4 Å². The maximum atomic E-state index is 9.90. The average molecular weight is 198 g/mol. The Morgan fingerprint density at radius 3 is 1.85 bits per heavy atom. The molecule has 7 nitrogen and oxygen atoms in total. The monoisotopic (exact) mass is 198 g/mol. The molecule has 0 fully saturated rings. The van der Waals surface area contributed by atoms with Crippen LogP contribution in [0, 0.1) is 0 Å². The van der Waals surface area contributed by atoms with Crippen molar-refractivity contribution in [1.29, 1.82) is 0 Å². The number of rotatable bonds is 5. The molecule has 80 valence electrons. The molecule has 0 unspecified atom stereocenters. The second kappa shape index (κ2) is 6.89. The molecule has 0 heterocycles. The molecule has 0 radical (unpaired) electrons. The summed E-state index contributed by atoms with van der Waals surface area (Å²) < 4.78 is 0. The van der Waals surface area contributed by atoms with Crippen LogP contribution in [-0.2, 0) is 4.79 Å². The number of hydrogen-bond donors (Lipinski definition) is 5. The largest absolute Gasteiger partial charge is 0.412 e. The Morgan fingerprint density at radius 2 is 1.54 bits per heavy atom. The minimum Gasteiger partial charge on any atom is -0.412 e. The summed E-state index contributed by atoms with van der Waals surface area (Å²) in [4.78, 5) is 9.90. The molecule has 4 atom stereocenters. The van der Waals surface area contributed by atoms with Gasteiger partial charge in [0.2, 0.25) is 0 Å². The zero-order valence-electron chi connectivity index (χ0n) is 6.74. The van der Waals surface area contributed by atoms with Crippen molar-refractivity contribution in [2.75, 3.05) is 6.61 Å². The molecule has 0 aliphatic heterocycles. The topological polar surface area (TPSA) is 150 Å². The van der Waals surface area contributed by atoms with E-state index in [1.165, 1.54) is 0 Å². The van der Waals surface area contributed by atoms with E-state index in [4.69, 9.17) is 25.5 Å². The van der Waals surface area contributed by atoms with Crippen molar-refractivity contribution < 1.29 is 35.8 Å². The van der Waals surface area contributed by atoms with Crippen molar-refractivity contribution in [2.24, 2.45) is 0 Å². The van der Waals surface area contributed by atoms with Gasteiger partial charge in [-0.3, -0.25) is 0 Å². The quantitative estimate of drug-likeness (QED) is 0.283. The zero-order valence-corrected chi connectivity index (χ0v) is 6.74. The van der Waals surface area contributed by atoms with Crippen LogP contribution in [-0.4, -0.2) is 68.3 Å². The molecule has 13 heavy (non-hydrogen) atoms. The van der Waals surface area contributed by atoms with Crippen molar-refractivity contribution in [2.45, 2.75) is 24.4 Å². The van der Waals surface area contributed by atoms with Crippen molar-refractivity contribution >= 4 is 6.29 Å². The first-order valence-electron chi connectivity index (χ1n) is 3.33. The Labute approximate surface area is 74.2 Å². The van der Waals surface area contributed by atoms with Gasteiger partial charge in [0, 0.05) is 0 Å². The zero-order chi connectivity index (χ0) is 9.72. The van der Waals surface area contributed by atoms with Gasteiger partial charge in [-0.1, -0.05) is 0 Å². The van der Waals surface area contributed by atoms with E-state index in [1.54, 1.807) is 0 Å². The standard InChI is InChI=1S/C6H12O6.H2O/c7-1-3(9)5(11)6(12)4(10)2-8;/h1,3-6,8-12H,2H2;1H2/t3-,4+,5-,6+;/m0./s1.